The highest BCUT2D eigenvalue weighted by Gasteiger charge is 2.31. The first-order chi connectivity index (χ1) is 9.20. The van der Waals surface area contributed by atoms with Gasteiger partial charge in [0.05, 0.1) is 0 Å². The summed E-state index contributed by atoms with van der Waals surface area (Å²) in [6, 6.07) is 10.6. The second kappa shape index (κ2) is 6.57. The standard InChI is InChI=1S/C15H24N4/c16-14(17)19-12-15(8-10-18-11-9-15)7-6-13-4-2-1-3-5-13/h1-5,18H,6-12H2,(H4,16,17,19). The van der Waals surface area contributed by atoms with Crippen molar-refractivity contribution in [2.45, 2.75) is 25.7 Å². The lowest BCUT2D eigenvalue weighted by Crippen LogP contribution is -2.40. The van der Waals surface area contributed by atoms with Crippen molar-refractivity contribution in [3.63, 3.8) is 0 Å². The van der Waals surface area contributed by atoms with Crippen molar-refractivity contribution in [3.8, 4) is 0 Å². The Kier molecular flexibility index (Phi) is 4.80. The number of benzene rings is 1. The Labute approximate surface area is 115 Å². The molecule has 0 bridgehead atoms. The monoisotopic (exact) mass is 260 g/mol. The lowest BCUT2D eigenvalue weighted by atomic mass is 9.74. The molecule has 2 rings (SSSR count). The van der Waals surface area contributed by atoms with Crippen LogP contribution < -0.4 is 16.8 Å². The maximum atomic E-state index is 5.49. The fraction of sp³-hybridized carbons (Fsp3) is 0.533. The van der Waals surface area contributed by atoms with Gasteiger partial charge >= 0.3 is 0 Å². The molecule has 0 amide bonds. The number of nitrogens with zero attached hydrogens (tertiary/aromatic N) is 1. The first kappa shape index (κ1) is 13.9. The van der Waals surface area contributed by atoms with E-state index in [0.717, 1.165) is 45.3 Å². The number of rotatable bonds is 5. The predicted octanol–water partition coefficient (Wildman–Crippen LogP) is 1.26. The van der Waals surface area contributed by atoms with Crippen molar-refractivity contribution in [1.82, 2.24) is 5.32 Å². The van der Waals surface area contributed by atoms with Crippen LogP contribution in [0.25, 0.3) is 0 Å². The van der Waals surface area contributed by atoms with Crippen molar-refractivity contribution in [2.24, 2.45) is 21.9 Å². The SMILES string of the molecule is NC(N)=NCC1(CCc2ccccc2)CCNCC1. The summed E-state index contributed by atoms with van der Waals surface area (Å²) in [6.45, 7) is 2.88. The molecule has 1 saturated heterocycles. The van der Waals surface area contributed by atoms with Gasteiger partial charge in [0.25, 0.3) is 0 Å². The highest BCUT2D eigenvalue weighted by molar-refractivity contribution is 5.75. The first-order valence-corrected chi connectivity index (χ1v) is 7.00. The van der Waals surface area contributed by atoms with Crippen molar-refractivity contribution in [2.75, 3.05) is 19.6 Å². The normalized spacial score (nSPS) is 17.9. The van der Waals surface area contributed by atoms with E-state index in [1.807, 2.05) is 0 Å². The van der Waals surface area contributed by atoms with Crippen LogP contribution in [0.5, 0.6) is 0 Å². The van der Waals surface area contributed by atoms with Crippen LogP contribution in [0.4, 0.5) is 0 Å². The molecule has 4 nitrogen and oxygen atoms in total. The van der Waals surface area contributed by atoms with E-state index in [2.05, 4.69) is 40.6 Å². The Morgan fingerprint density at radius 2 is 1.84 bits per heavy atom. The van der Waals surface area contributed by atoms with Gasteiger partial charge in [-0.05, 0) is 49.8 Å². The fourth-order valence-electron chi connectivity index (χ4n) is 2.76. The third kappa shape index (κ3) is 4.24. The molecule has 0 radical (unpaired) electrons. The van der Waals surface area contributed by atoms with E-state index in [0.29, 0.717) is 0 Å². The number of nitrogens with two attached hydrogens (primary N) is 2. The fourth-order valence-corrected chi connectivity index (χ4v) is 2.76. The second-order valence-corrected chi connectivity index (χ2v) is 5.48. The number of hydrogen-bond acceptors (Lipinski definition) is 2. The average Bonchev–Trinajstić information content (AvgIpc) is 2.45. The summed E-state index contributed by atoms with van der Waals surface area (Å²) >= 11 is 0. The minimum Gasteiger partial charge on any atom is -0.370 e. The molecule has 0 unspecified atom stereocenters. The molecule has 0 aliphatic carbocycles. The minimum atomic E-state index is 0.206. The molecule has 0 aromatic heterocycles. The molecule has 0 atom stereocenters. The van der Waals surface area contributed by atoms with Gasteiger partial charge < -0.3 is 16.8 Å². The van der Waals surface area contributed by atoms with Gasteiger partial charge in [-0.3, -0.25) is 4.99 Å². The predicted molar refractivity (Wildman–Crippen MR) is 80.0 cm³/mol. The molecular weight excluding hydrogens is 236 g/mol. The minimum absolute atomic E-state index is 0.206. The zero-order valence-electron chi connectivity index (χ0n) is 11.4. The van der Waals surface area contributed by atoms with Crippen LogP contribution in [0, 0.1) is 5.41 Å². The third-order valence-electron chi connectivity index (χ3n) is 4.05. The van der Waals surface area contributed by atoms with Gasteiger partial charge in [-0.15, -0.1) is 0 Å². The van der Waals surface area contributed by atoms with Crippen molar-refractivity contribution in [3.05, 3.63) is 35.9 Å². The molecule has 4 heteroatoms. The summed E-state index contributed by atoms with van der Waals surface area (Å²) in [7, 11) is 0. The van der Waals surface area contributed by atoms with Gasteiger partial charge in [0.15, 0.2) is 5.96 Å². The Hall–Kier alpha value is -1.55. The van der Waals surface area contributed by atoms with Gasteiger partial charge in [-0.1, -0.05) is 30.3 Å². The van der Waals surface area contributed by atoms with E-state index in [9.17, 15) is 0 Å². The van der Waals surface area contributed by atoms with Crippen LogP contribution in [-0.4, -0.2) is 25.6 Å². The smallest absolute Gasteiger partial charge is 0.185 e. The molecule has 1 aliphatic rings. The van der Waals surface area contributed by atoms with Gasteiger partial charge in [-0.25, -0.2) is 0 Å². The van der Waals surface area contributed by atoms with Crippen LogP contribution in [0.2, 0.25) is 0 Å². The lowest BCUT2D eigenvalue weighted by Gasteiger charge is -2.36. The van der Waals surface area contributed by atoms with Gasteiger partial charge in [0.2, 0.25) is 0 Å². The van der Waals surface area contributed by atoms with Gasteiger partial charge in [0.1, 0.15) is 0 Å². The van der Waals surface area contributed by atoms with E-state index < -0.39 is 0 Å². The van der Waals surface area contributed by atoms with E-state index in [-0.39, 0.29) is 11.4 Å². The molecule has 1 heterocycles. The summed E-state index contributed by atoms with van der Waals surface area (Å²) in [5.41, 5.74) is 12.6. The zero-order valence-corrected chi connectivity index (χ0v) is 11.4. The molecule has 0 spiro atoms. The lowest BCUT2D eigenvalue weighted by molar-refractivity contribution is 0.195. The Morgan fingerprint density at radius 1 is 1.16 bits per heavy atom. The number of nitrogens with one attached hydrogen (secondary N) is 1. The second-order valence-electron chi connectivity index (χ2n) is 5.48. The highest BCUT2D eigenvalue weighted by Crippen LogP contribution is 2.34. The molecular formula is C15H24N4. The number of aryl methyl sites for hydroxylation is 1. The maximum Gasteiger partial charge on any atom is 0.185 e. The van der Waals surface area contributed by atoms with Crippen molar-refractivity contribution in [1.29, 1.82) is 0 Å². The van der Waals surface area contributed by atoms with Crippen LogP contribution in [0.3, 0.4) is 0 Å². The molecule has 1 aromatic rings. The first-order valence-electron chi connectivity index (χ1n) is 7.00. The van der Waals surface area contributed by atoms with E-state index >= 15 is 0 Å². The Morgan fingerprint density at radius 3 is 2.47 bits per heavy atom. The number of guanidine groups is 1. The van der Waals surface area contributed by atoms with Crippen molar-refractivity contribution < 1.29 is 0 Å². The van der Waals surface area contributed by atoms with Crippen LogP contribution >= 0.6 is 0 Å². The summed E-state index contributed by atoms with van der Waals surface area (Å²) in [6.07, 6.45) is 4.55. The molecule has 19 heavy (non-hydrogen) atoms. The van der Waals surface area contributed by atoms with Crippen molar-refractivity contribution >= 4 is 5.96 Å². The van der Waals surface area contributed by atoms with Gasteiger partial charge in [-0.2, -0.15) is 0 Å². The number of piperidine rings is 1. The number of aliphatic imine (C=N–C) groups is 1. The molecule has 1 aliphatic heterocycles. The van der Waals surface area contributed by atoms with Crippen LogP contribution in [0.1, 0.15) is 24.8 Å². The van der Waals surface area contributed by atoms with Gasteiger partial charge in [0, 0.05) is 6.54 Å². The molecule has 0 saturated carbocycles. The summed E-state index contributed by atoms with van der Waals surface area (Å²) in [5, 5.41) is 3.41. The molecule has 1 fully saturated rings. The van der Waals surface area contributed by atoms with E-state index in [4.69, 9.17) is 11.5 Å². The maximum absolute atomic E-state index is 5.49. The Bertz CT molecular complexity index is 403. The zero-order chi connectivity index (χ0) is 13.6. The topological polar surface area (TPSA) is 76.4 Å². The number of hydrogen-bond donors (Lipinski definition) is 3. The Balaban J connectivity index is 1.99. The highest BCUT2D eigenvalue weighted by atomic mass is 15.0. The van der Waals surface area contributed by atoms with Crippen LogP contribution in [-0.2, 0) is 6.42 Å². The van der Waals surface area contributed by atoms with Crippen LogP contribution in [0.15, 0.2) is 35.3 Å². The quantitative estimate of drug-likeness (QED) is 0.551. The van der Waals surface area contributed by atoms with E-state index in [1.54, 1.807) is 0 Å². The largest absolute Gasteiger partial charge is 0.370 e. The summed E-state index contributed by atoms with van der Waals surface area (Å²) < 4.78 is 0. The third-order valence-corrected chi connectivity index (χ3v) is 4.05. The molecule has 104 valence electrons. The average molecular weight is 260 g/mol. The van der Waals surface area contributed by atoms with E-state index in [1.165, 1.54) is 5.56 Å². The molecule has 5 N–H and O–H groups in total. The summed E-state index contributed by atoms with van der Waals surface area (Å²) in [5.74, 6) is 0.206. The molecule has 1 aromatic carbocycles. The summed E-state index contributed by atoms with van der Waals surface area (Å²) in [4.78, 5) is 4.28.